The topological polar surface area (TPSA) is 54.0 Å². The summed E-state index contributed by atoms with van der Waals surface area (Å²) in [6.07, 6.45) is 1.50. The van der Waals surface area contributed by atoms with Crippen molar-refractivity contribution in [3.8, 4) is 11.5 Å². The number of nitrogens with one attached hydrogen (secondary N) is 1. The van der Waals surface area contributed by atoms with Crippen molar-refractivity contribution in [1.29, 1.82) is 0 Å². The van der Waals surface area contributed by atoms with Crippen molar-refractivity contribution in [2.75, 3.05) is 40.9 Å². The van der Waals surface area contributed by atoms with Crippen LogP contribution in [0.2, 0.25) is 0 Å². The van der Waals surface area contributed by atoms with Crippen LogP contribution in [0.15, 0.2) is 36.4 Å². The van der Waals surface area contributed by atoms with Crippen LogP contribution in [-0.4, -0.2) is 56.6 Å². The summed E-state index contributed by atoms with van der Waals surface area (Å²) < 4.78 is 12.0. The van der Waals surface area contributed by atoms with Gasteiger partial charge in [0.15, 0.2) is 0 Å². The minimum absolute atomic E-state index is 0.354. The highest BCUT2D eigenvalue weighted by Gasteiger charge is 2.25. The van der Waals surface area contributed by atoms with E-state index < -0.39 is 5.72 Å². The third-order valence-corrected chi connectivity index (χ3v) is 5.26. The molecule has 0 aliphatic heterocycles. The van der Waals surface area contributed by atoms with Gasteiger partial charge in [0.05, 0.1) is 0 Å². The molecule has 1 atom stereocenters. The van der Waals surface area contributed by atoms with Crippen molar-refractivity contribution < 1.29 is 14.6 Å². The number of methoxy groups -OCH3 is 1. The fourth-order valence-corrected chi connectivity index (χ4v) is 3.24. The molecule has 29 heavy (non-hydrogen) atoms. The van der Waals surface area contributed by atoms with E-state index in [9.17, 15) is 5.11 Å². The average molecular weight is 401 g/mol. The molecule has 0 amide bonds. The monoisotopic (exact) mass is 400 g/mol. The van der Waals surface area contributed by atoms with E-state index in [1.54, 1.807) is 7.11 Å². The molecule has 0 heterocycles. The van der Waals surface area contributed by atoms with Crippen LogP contribution in [0.5, 0.6) is 11.5 Å². The highest BCUT2D eigenvalue weighted by Crippen LogP contribution is 2.31. The van der Waals surface area contributed by atoms with Gasteiger partial charge in [-0.1, -0.05) is 43.3 Å². The molecule has 0 saturated carbocycles. The number of phenolic OH excluding ortho intramolecular Hbond substituents is 1. The number of nitrogens with zero attached hydrogens (tertiary/aromatic N) is 1. The van der Waals surface area contributed by atoms with Crippen LogP contribution >= 0.6 is 0 Å². The Balaban J connectivity index is 2.21. The second kappa shape index (κ2) is 10.6. The molecule has 0 spiro atoms. The van der Waals surface area contributed by atoms with Crippen molar-refractivity contribution in [3.63, 3.8) is 0 Å². The van der Waals surface area contributed by atoms with Crippen molar-refractivity contribution in [3.05, 3.63) is 58.7 Å². The number of ether oxygens (including phenoxy) is 2. The predicted octanol–water partition coefficient (Wildman–Crippen LogP) is 3.75. The molecule has 0 saturated heterocycles. The van der Waals surface area contributed by atoms with E-state index in [0.717, 1.165) is 47.5 Å². The maximum Gasteiger partial charge on any atom is 0.150 e. The van der Waals surface area contributed by atoms with E-state index in [1.165, 1.54) is 0 Å². The largest absolute Gasteiger partial charge is 0.507 e. The van der Waals surface area contributed by atoms with Crippen molar-refractivity contribution >= 4 is 0 Å². The second-order valence-corrected chi connectivity index (χ2v) is 7.97. The number of para-hydroxylation sites is 2. The molecule has 2 aromatic rings. The molecule has 5 heteroatoms. The predicted molar refractivity (Wildman–Crippen MR) is 119 cm³/mol. The summed E-state index contributed by atoms with van der Waals surface area (Å²) in [6.45, 7) is 8.16. The zero-order valence-electron chi connectivity index (χ0n) is 18.7. The number of likely N-dealkylation sites (N-methyl/N-ethyl adjacent to an activating group) is 1. The Kier molecular flexibility index (Phi) is 8.50. The van der Waals surface area contributed by atoms with Crippen molar-refractivity contribution in [2.24, 2.45) is 0 Å². The van der Waals surface area contributed by atoms with Gasteiger partial charge in [-0.15, -0.1) is 0 Å². The molecule has 2 N–H and O–H groups in total. The molecule has 0 radical (unpaired) electrons. The van der Waals surface area contributed by atoms with E-state index >= 15 is 0 Å². The molecule has 0 aliphatic rings. The fourth-order valence-electron chi connectivity index (χ4n) is 3.24. The highest BCUT2D eigenvalue weighted by atomic mass is 16.5. The van der Waals surface area contributed by atoms with Crippen molar-refractivity contribution in [2.45, 2.75) is 39.3 Å². The third kappa shape index (κ3) is 6.46. The van der Waals surface area contributed by atoms with Gasteiger partial charge in [-0.05, 0) is 56.6 Å². The van der Waals surface area contributed by atoms with Gasteiger partial charge >= 0.3 is 0 Å². The van der Waals surface area contributed by atoms with E-state index in [4.69, 9.17) is 9.47 Å². The standard InChI is InChI=1S/C24H36N2O3/c1-7-19-11-9-13-21(16-20-12-8-10-18(2)22(20)27)23(19)29-17-24(3,28-6)25-14-15-26(4)5/h8-13,25,27H,7,14-17H2,1-6H3. The number of aromatic hydroxyl groups is 1. The van der Waals surface area contributed by atoms with E-state index in [0.29, 0.717) is 18.8 Å². The van der Waals surface area contributed by atoms with Crippen LogP contribution < -0.4 is 10.1 Å². The van der Waals surface area contributed by atoms with Crippen LogP contribution in [0, 0.1) is 6.92 Å². The molecule has 1 unspecified atom stereocenters. The third-order valence-electron chi connectivity index (χ3n) is 5.26. The highest BCUT2D eigenvalue weighted by molar-refractivity contribution is 5.48. The lowest BCUT2D eigenvalue weighted by Gasteiger charge is -2.31. The zero-order valence-corrected chi connectivity index (χ0v) is 18.7. The smallest absolute Gasteiger partial charge is 0.150 e. The molecule has 0 aliphatic carbocycles. The maximum atomic E-state index is 10.4. The SMILES string of the molecule is CCc1cccc(Cc2cccc(C)c2O)c1OCC(C)(NCCN(C)C)OC. The molecule has 0 fully saturated rings. The molecule has 5 nitrogen and oxygen atoms in total. The summed E-state index contributed by atoms with van der Waals surface area (Å²) >= 11 is 0. The normalized spacial score (nSPS) is 13.5. The Labute approximate surface area is 175 Å². The van der Waals surface area contributed by atoms with E-state index in [-0.39, 0.29) is 0 Å². The van der Waals surface area contributed by atoms with Gasteiger partial charge in [0.2, 0.25) is 0 Å². The molecule has 0 bridgehead atoms. The Morgan fingerprint density at radius 1 is 1.07 bits per heavy atom. The first-order valence-electron chi connectivity index (χ1n) is 10.3. The second-order valence-electron chi connectivity index (χ2n) is 7.97. The van der Waals surface area contributed by atoms with Crippen LogP contribution in [0.1, 0.15) is 36.1 Å². The summed E-state index contributed by atoms with van der Waals surface area (Å²) in [6, 6.07) is 12.1. The number of hydrogen-bond acceptors (Lipinski definition) is 5. The number of hydrogen-bond donors (Lipinski definition) is 2. The Morgan fingerprint density at radius 3 is 2.38 bits per heavy atom. The molecular weight excluding hydrogens is 364 g/mol. The minimum atomic E-state index is -0.584. The molecule has 0 aromatic heterocycles. The lowest BCUT2D eigenvalue weighted by atomic mass is 9.98. The van der Waals surface area contributed by atoms with Gasteiger partial charge in [-0.2, -0.15) is 0 Å². The first kappa shape index (κ1) is 23.2. The van der Waals surface area contributed by atoms with Gasteiger partial charge in [-0.25, -0.2) is 0 Å². The summed E-state index contributed by atoms with van der Waals surface area (Å²) in [5.41, 5.74) is 3.42. The Morgan fingerprint density at radius 2 is 1.72 bits per heavy atom. The number of aryl methyl sites for hydroxylation is 2. The fraction of sp³-hybridized carbons (Fsp3) is 0.500. The van der Waals surface area contributed by atoms with Crippen LogP contribution in [0.4, 0.5) is 0 Å². The molecule has 160 valence electrons. The van der Waals surface area contributed by atoms with Crippen LogP contribution in [0.25, 0.3) is 0 Å². The molecule has 2 aromatic carbocycles. The van der Waals surface area contributed by atoms with Gasteiger partial charge in [-0.3, -0.25) is 5.32 Å². The number of phenols is 1. The molecule has 2 rings (SSSR count). The van der Waals surface area contributed by atoms with Crippen molar-refractivity contribution in [1.82, 2.24) is 10.2 Å². The summed E-state index contributed by atoms with van der Waals surface area (Å²) in [7, 11) is 5.79. The summed E-state index contributed by atoms with van der Waals surface area (Å²) in [4.78, 5) is 2.13. The number of benzene rings is 2. The molecular formula is C24H36N2O3. The lowest BCUT2D eigenvalue weighted by Crippen LogP contribution is -2.51. The lowest BCUT2D eigenvalue weighted by molar-refractivity contribution is -0.0562. The zero-order chi connectivity index (χ0) is 21.4. The van der Waals surface area contributed by atoms with Gasteiger partial charge < -0.3 is 19.5 Å². The first-order valence-corrected chi connectivity index (χ1v) is 10.3. The van der Waals surface area contributed by atoms with E-state index in [1.807, 2.05) is 46.1 Å². The maximum absolute atomic E-state index is 10.4. The number of rotatable bonds is 11. The average Bonchev–Trinajstić information content (AvgIpc) is 2.70. The first-order chi connectivity index (χ1) is 13.8. The van der Waals surface area contributed by atoms with E-state index in [2.05, 4.69) is 35.3 Å². The quantitative estimate of drug-likeness (QED) is 0.563. The van der Waals surface area contributed by atoms with Gasteiger partial charge in [0.25, 0.3) is 0 Å². The van der Waals surface area contributed by atoms with Gasteiger partial charge in [0.1, 0.15) is 23.8 Å². The van der Waals surface area contributed by atoms with Crippen LogP contribution in [-0.2, 0) is 17.6 Å². The minimum Gasteiger partial charge on any atom is -0.507 e. The Hall–Kier alpha value is -2.08. The van der Waals surface area contributed by atoms with Gasteiger partial charge in [0, 0.05) is 26.6 Å². The Bertz CT molecular complexity index is 792. The summed E-state index contributed by atoms with van der Waals surface area (Å²) in [5, 5.41) is 13.9. The summed E-state index contributed by atoms with van der Waals surface area (Å²) in [5.74, 6) is 1.24. The van der Waals surface area contributed by atoms with Crippen LogP contribution in [0.3, 0.4) is 0 Å².